The van der Waals surface area contributed by atoms with Crippen LogP contribution in [0.3, 0.4) is 0 Å². The maximum atomic E-state index is 4.46. The third-order valence-electron chi connectivity index (χ3n) is 0.446. The van der Waals surface area contributed by atoms with E-state index >= 15 is 0 Å². The summed E-state index contributed by atoms with van der Waals surface area (Å²) in [6.45, 7) is 7.19. The molecule has 0 aromatic heterocycles. The Morgan fingerprint density at radius 1 is 1.62 bits per heavy atom. The fourth-order valence-corrected chi connectivity index (χ4v) is 0.179. The van der Waals surface area contributed by atoms with E-state index in [2.05, 4.69) is 16.3 Å². The van der Waals surface area contributed by atoms with Crippen molar-refractivity contribution in [2.45, 2.75) is 13.8 Å². The predicted molar refractivity (Wildman–Crippen MR) is 35.4 cm³/mol. The second-order valence-corrected chi connectivity index (χ2v) is 1.58. The Morgan fingerprint density at radius 3 is 2.62 bits per heavy atom. The Kier molecular flexibility index (Phi) is 3.76. The number of rotatable bonds is 2. The number of hydrogen-bond acceptors (Lipinski definition) is 1. The normalized spacial score (nSPS) is 9.25. The lowest BCUT2D eigenvalue weighted by Crippen LogP contribution is -1.57. The van der Waals surface area contributed by atoms with Gasteiger partial charge in [0.2, 0.25) is 0 Å². The summed E-state index contributed by atoms with van der Waals surface area (Å²) < 4.78 is 4.46. The van der Waals surface area contributed by atoms with Crippen molar-refractivity contribution in [1.82, 2.24) is 0 Å². The highest BCUT2D eigenvalue weighted by Gasteiger charge is 1.77. The van der Waals surface area contributed by atoms with Crippen molar-refractivity contribution in [2.24, 2.45) is 5.18 Å². The molecule has 0 unspecified atom stereocenters. The average Bonchev–Trinajstić information content (AvgIpc) is 1.66. The minimum Gasteiger partial charge on any atom is -0.0769 e. The van der Waals surface area contributed by atoms with Gasteiger partial charge in [0, 0.05) is 6.58 Å². The Morgan fingerprint density at radius 2 is 2.25 bits per heavy atom. The van der Waals surface area contributed by atoms with Gasteiger partial charge in [-0.3, -0.25) is 0 Å². The van der Waals surface area contributed by atoms with Gasteiger partial charge in [-0.2, -0.15) is 0 Å². The third-order valence-corrected chi connectivity index (χ3v) is 0.446. The van der Waals surface area contributed by atoms with Gasteiger partial charge in [0.25, 0.3) is 0 Å². The standard InChI is InChI=1S/C6H10NO/c1-4-8-7-5-6(2)3/h4-5H,1H2,2-3H3/q+1. The predicted octanol–water partition coefficient (Wildman–Crippen LogP) is 2.36. The average molecular weight is 112 g/mol. The molecule has 0 bridgehead atoms. The summed E-state index contributed by atoms with van der Waals surface area (Å²) >= 11 is 0. The largest absolute Gasteiger partial charge is 0.357 e. The van der Waals surface area contributed by atoms with Crippen molar-refractivity contribution in [2.75, 3.05) is 0 Å². The van der Waals surface area contributed by atoms with E-state index in [9.17, 15) is 0 Å². The minimum atomic E-state index is 1.10. The summed E-state index contributed by atoms with van der Waals surface area (Å²) in [5.74, 6) is 0. The van der Waals surface area contributed by atoms with Gasteiger partial charge in [0.15, 0.2) is 5.18 Å². The molecule has 2 nitrogen and oxygen atoms in total. The molecule has 8 heavy (non-hydrogen) atoms. The van der Waals surface area contributed by atoms with Gasteiger partial charge >= 0.3 is 6.26 Å². The fourth-order valence-electron chi connectivity index (χ4n) is 0.179. The quantitative estimate of drug-likeness (QED) is 0.387. The molecule has 0 aliphatic heterocycles. The van der Waals surface area contributed by atoms with E-state index in [1.165, 1.54) is 6.26 Å². The first-order valence-electron chi connectivity index (χ1n) is 2.37. The molecule has 0 saturated carbocycles. The van der Waals surface area contributed by atoms with Crippen LogP contribution < -0.4 is 0 Å². The molecule has 2 heteroatoms. The highest BCUT2D eigenvalue weighted by atomic mass is 16.5. The summed E-state index contributed by atoms with van der Waals surface area (Å²) in [7, 11) is 0. The molecule has 0 rings (SSSR count). The lowest BCUT2D eigenvalue weighted by atomic mass is 10.4. The Hall–Kier alpha value is -0.920. The van der Waals surface area contributed by atoms with Crippen LogP contribution in [-0.4, -0.2) is 0 Å². The first kappa shape index (κ1) is 7.08. The summed E-state index contributed by atoms with van der Waals surface area (Å²) in [4.78, 5) is 0. The van der Waals surface area contributed by atoms with Crippen LogP contribution in [-0.2, 0) is 0 Å². The van der Waals surface area contributed by atoms with Crippen LogP contribution in [0.25, 0.3) is 0 Å². The minimum absolute atomic E-state index is 1.10. The molecular formula is C6H10NO+. The van der Waals surface area contributed by atoms with Gasteiger partial charge in [-0.05, 0) is 19.4 Å². The van der Waals surface area contributed by atoms with Crippen LogP contribution in [0.1, 0.15) is 13.8 Å². The summed E-state index contributed by atoms with van der Waals surface area (Å²) in [6, 6.07) is 0. The maximum Gasteiger partial charge on any atom is 0.357 e. The smallest absolute Gasteiger partial charge is 0.0769 e. The van der Waals surface area contributed by atoms with Gasteiger partial charge in [-0.25, -0.2) is 0 Å². The van der Waals surface area contributed by atoms with E-state index in [0.717, 1.165) is 5.57 Å². The first-order valence-corrected chi connectivity index (χ1v) is 2.37. The molecule has 0 aromatic rings. The lowest BCUT2D eigenvalue weighted by molar-refractivity contribution is 1.31. The highest BCUT2D eigenvalue weighted by molar-refractivity contribution is 4.94. The highest BCUT2D eigenvalue weighted by Crippen LogP contribution is 1.87. The third kappa shape index (κ3) is 5.08. The summed E-state index contributed by atoms with van der Waals surface area (Å²) in [5.41, 5.74) is 1.10. The van der Waals surface area contributed by atoms with Crippen molar-refractivity contribution < 1.29 is 0 Å². The topological polar surface area (TPSA) is 23.7 Å². The van der Waals surface area contributed by atoms with E-state index < -0.39 is 0 Å². The number of nitroso groups, excluding NO2 is 1. The number of hydrogen-bond donors (Lipinski definition) is 0. The van der Waals surface area contributed by atoms with E-state index in [1.54, 1.807) is 6.20 Å². The van der Waals surface area contributed by atoms with Crippen molar-refractivity contribution in [3.8, 4) is 0 Å². The second kappa shape index (κ2) is 4.24. The van der Waals surface area contributed by atoms with Crippen molar-refractivity contribution in [3.63, 3.8) is 0 Å². The molecule has 0 aliphatic carbocycles. The van der Waals surface area contributed by atoms with E-state index in [0.29, 0.717) is 0 Å². The molecule has 0 aromatic carbocycles. The zero-order chi connectivity index (χ0) is 6.41. The van der Waals surface area contributed by atoms with Gasteiger partial charge in [0.05, 0.1) is 0 Å². The molecule has 0 fully saturated rings. The van der Waals surface area contributed by atoms with Crippen LogP contribution >= 0.6 is 0 Å². The van der Waals surface area contributed by atoms with E-state index in [4.69, 9.17) is 0 Å². The molecule has 0 amide bonds. The second-order valence-electron chi connectivity index (χ2n) is 1.58. The monoisotopic (exact) mass is 112 g/mol. The zero-order valence-corrected chi connectivity index (χ0v) is 5.22. The number of nitrogens with zero attached hydrogens (tertiary/aromatic N) is 1. The summed E-state index contributed by atoms with van der Waals surface area (Å²) in [6.07, 6.45) is 2.90. The van der Waals surface area contributed by atoms with Gasteiger partial charge in [0.1, 0.15) is 6.20 Å². The van der Waals surface area contributed by atoms with Gasteiger partial charge < -0.3 is 0 Å². The van der Waals surface area contributed by atoms with Gasteiger partial charge in [-0.1, -0.05) is 4.54 Å². The van der Waals surface area contributed by atoms with Crippen molar-refractivity contribution >= 4 is 0 Å². The van der Waals surface area contributed by atoms with Crippen LogP contribution in [0, 0.1) is 4.54 Å². The molecule has 0 saturated heterocycles. The van der Waals surface area contributed by atoms with Crippen LogP contribution in [0.2, 0.25) is 0 Å². The lowest BCUT2D eigenvalue weighted by Gasteiger charge is -1.70. The Balaban J connectivity index is 3.57. The van der Waals surface area contributed by atoms with Crippen molar-refractivity contribution in [1.29, 1.82) is 0 Å². The molecule has 0 N–H and O–H groups in total. The fraction of sp³-hybridized carbons (Fsp3) is 0.333. The van der Waals surface area contributed by atoms with Crippen LogP contribution in [0.4, 0.5) is 0 Å². The SMILES string of the molecule is C=C[O+]=NC=C(C)C. The zero-order valence-electron chi connectivity index (χ0n) is 5.22. The van der Waals surface area contributed by atoms with E-state index in [-0.39, 0.29) is 0 Å². The van der Waals surface area contributed by atoms with Crippen LogP contribution in [0.15, 0.2) is 29.8 Å². The molecule has 44 valence electrons. The Labute approximate surface area is 49.2 Å². The van der Waals surface area contributed by atoms with Crippen molar-refractivity contribution in [3.05, 3.63) is 29.2 Å². The van der Waals surface area contributed by atoms with Gasteiger partial charge in [-0.15, -0.1) is 0 Å². The molecule has 0 aliphatic rings. The molecular weight excluding hydrogens is 102 g/mol. The molecule has 0 atom stereocenters. The molecule has 0 radical (unpaired) electrons. The van der Waals surface area contributed by atoms with Crippen LogP contribution in [0.5, 0.6) is 0 Å². The molecule has 0 spiro atoms. The summed E-state index contributed by atoms with van der Waals surface area (Å²) in [5, 5.41) is 3.51. The maximum absolute atomic E-state index is 4.46. The molecule has 0 heterocycles. The Bertz CT molecular complexity index is 120. The number of allylic oxidation sites excluding steroid dienone is 1. The van der Waals surface area contributed by atoms with E-state index in [1.807, 2.05) is 13.8 Å². The first-order chi connectivity index (χ1) is 3.77.